The smallest absolute Gasteiger partial charge is 0.126 e. The summed E-state index contributed by atoms with van der Waals surface area (Å²) in [5.41, 5.74) is 10.6. The fraction of sp³-hybridized carbons (Fsp3) is 0.333. The summed E-state index contributed by atoms with van der Waals surface area (Å²) < 4.78 is 5.47. The van der Waals surface area contributed by atoms with Crippen molar-refractivity contribution in [1.29, 1.82) is 0 Å². The summed E-state index contributed by atoms with van der Waals surface area (Å²) in [7, 11) is 1.71. The summed E-state index contributed by atoms with van der Waals surface area (Å²) in [5, 5.41) is 4.25. The zero-order valence-electron chi connectivity index (χ0n) is 11.1. The molecule has 18 heavy (non-hydrogen) atoms. The lowest BCUT2D eigenvalue weighted by Gasteiger charge is -2.13. The minimum Gasteiger partial charge on any atom is -0.496 e. The van der Waals surface area contributed by atoms with Crippen LogP contribution < -0.4 is 10.5 Å². The Morgan fingerprint density at radius 1 is 1.22 bits per heavy atom. The SMILES string of the molecule is COc1ccc(C(C)C)cc1-c1cscc1CN. The molecular formula is C15H19NOS. The molecule has 2 nitrogen and oxygen atoms in total. The molecule has 0 atom stereocenters. The molecule has 0 unspecified atom stereocenters. The first-order valence-electron chi connectivity index (χ1n) is 6.10. The second-order valence-corrected chi connectivity index (χ2v) is 5.37. The summed E-state index contributed by atoms with van der Waals surface area (Å²) >= 11 is 1.68. The highest BCUT2D eigenvalue weighted by molar-refractivity contribution is 7.08. The molecule has 1 heterocycles. The zero-order valence-corrected chi connectivity index (χ0v) is 11.9. The second-order valence-electron chi connectivity index (χ2n) is 4.63. The van der Waals surface area contributed by atoms with Crippen LogP contribution in [0.4, 0.5) is 0 Å². The number of hydrogen-bond acceptors (Lipinski definition) is 3. The largest absolute Gasteiger partial charge is 0.496 e. The number of benzene rings is 1. The van der Waals surface area contributed by atoms with Crippen LogP contribution in [0.5, 0.6) is 5.75 Å². The van der Waals surface area contributed by atoms with E-state index in [0.29, 0.717) is 12.5 Å². The van der Waals surface area contributed by atoms with Gasteiger partial charge in [-0.3, -0.25) is 0 Å². The number of nitrogens with two attached hydrogens (primary N) is 1. The number of hydrogen-bond donors (Lipinski definition) is 1. The van der Waals surface area contributed by atoms with Gasteiger partial charge in [0.25, 0.3) is 0 Å². The molecule has 0 saturated heterocycles. The summed E-state index contributed by atoms with van der Waals surface area (Å²) in [6.45, 7) is 4.96. The maximum absolute atomic E-state index is 5.79. The van der Waals surface area contributed by atoms with Crippen LogP contribution in [0.25, 0.3) is 11.1 Å². The molecule has 0 bridgehead atoms. The number of methoxy groups -OCH3 is 1. The van der Waals surface area contributed by atoms with Crippen LogP contribution >= 0.6 is 11.3 Å². The van der Waals surface area contributed by atoms with E-state index in [4.69, 9.17) is 10.5 Å². The maximum atomic E-state index is 5.79. The average Bonchev–Trinajstić information content (AvgIpc) is 2.85. The Bertz CT molecular complexity index is 531. The lowest BCUT2D eigenvalue weighted by atomic mass is 9.96. The van der Waals surface area contributed by atoms with Gasteiger partial charge < -0.3 is 10.5 Å². The van der Waals surface area contributed by atoms with Crippen molar-refractivity contribution >= 4 is 11.3 Å². The van der Waals surface area contributed by atoms with Crippen molar-refractivity contribution < 1.29 is 4.74 Å². The molecule has 0 aliphatic heterocycles. The van der Waals surface area contributed by atoms with Crippen LogP contribution in [0.2, 0.25) is 0 Å². The standard InChI is InChI=1S/C15H19NOS/c1-10(2)11-4-5-15(17-3)13(6-11)14-9-18-8-12(14)7-16/h4-6,8-10H,7,16H2,1-3H3. The van der Waals surface area contributed by atoms with Crippen LogP contribution in [0, 0.1) is 0 Å². The third-order valence-electron chi connectivity index (χ3n) is 3.14. The Kier molecular flexibility index (Phi) is 4.04. The highest BCUT2D eigenvalue weighted by Crippen LogP contribution is 2.36. The van der Waals surface area contributed by atoms with E-state index in [2.05, 4.69) is 36.7 Å². The summed E-state index contributed by atoms with van der Waals surface area (Å²) in [6.07, 6.45) is 0. The molecule has 0 amide bonds. The Morgan fingerprint density at radius 2 is 2.00 bits per heavy atom. The van der Waals surface area contributed by atoms with Crippen LogP contribution in [-0.2, 0) is 6.54 Å². The van der Waals surface area contributed by atoms with Gasteiger partial charge in [-0.2, -0.15) is 11.3 Å². The molecule has 96 valence electrons. The van der Waals surface area contributed by atoms with Crippen molar-refractivity contribution in [2.75, 3.05) is 7.11 Å². The van der Waals surface area contributed by atoms with Gasteiger partial charge in [-0.05, 0) is 39.9 Å². The van der Waals surface area contributed by atoms with E-state index in [1.165, 1.54) is 16.7 Å². The molecule has 0 aliphatic rings. The number of thiophene rings is 1. The molecule has 1 aromatic carbocycles. The van der Waals surface area contributed by atoms with E-state index in [0.717, 1.165) is 11.3 Å². The van der Waals surface area contributed by atoms with Crippen LogP contribution in [0.15, 0.2) is 29.0 Å². The Balaban J connectivity index is 2.57. The molecule has 3 heteroatoms. The van der Waals surface area contributed by atoms with E-state index in [1.54, 1.807) is 18.4 Å². The van der Waals surface area contributed by atoms with Gasteiger partial charge in [0, 0.05) is 17.7 Å². The number of ether oxygens (including phenoxy) is 1. The minimum atomic E-state index is 0.509. The molecule has 0 spiro atoms. The van der Waals surface area contributed by atoms with Crippen molar-refractivity contribution in [2.24, 2.45) is 5.73 Å². The Labute approximate surface area is 112 Å². The third kappa shape index (κ3) is 2.42. The second kappa shape index (κ2) is 5.55. The van der Waals surface area contributed by atoms with Crippen molar-refractivity contribution in [3.63, 3.8) is 0 Å². The maximum Gasteiger partial charge on any atom is 0.126 e. The average molecular weight is 261 g/mol. The Hall–Kier alpha value is -1.32. The van der Waals surface area contributed by atoms with Crippen molar-refractivity contribution in [3.05, 3.63) is 40.1 Å². The van der Waals surface area contributed by atoms with E-state index >= 15 is 0 Å². The molecule has 2 N–H and O–H groups in total. The predicted molar refractivity (Wildman–Crippen MR) is 78.3 cm³/mol. The monoisotopic (exact) mass is 261 g/mol. The lowest BCUT2D eigenvalue weighted by molar-refractivity contribution is 0.416. The summed E-state index contributed by atoms with van der Waals surface area (Å²) in [6, 6.07) is 6.38. The Morgan fingerprint density at radius 3 is 2.61 bits per heavy atom. The van der Waals surface area contributed by atoms with Gasteiger partial charge in [-0.1, -0.05) is 19.9 Å². The van der Waals surface area contributed by atoms with Crippen molar-refractivity contribution in [3.8, 4) is 16.9 Å². The van der Waals surface area contributed by atoms with Crippen LogP contribution in [0.1, 0.15) is 30.9 Å². The normalized spacial score (nSPS) is 10.9. The molecule has 0 fully saturated rings. The molecule has 0 saturated carbocycles. The number of rotatable bonds is 4. The fourth-order valence-corrected chi connectivity index (χ4v) is 2.88. The molecule has 2 rings (SSSR count). The van der Waals surface area contributed by atoms with Crippen molar-refractivity contribution in [1.82, 2.24) is 0 Å². The van der Waals surface area contributed by atoms with Crippen LogP contribution in [0.3, 0.4) is 0 Å². The topological polar surface area (TPSA) is 35.2 Å². The minimum absolute atomic E-state index is 0.509. The molecule has 2 aromatic rings. The van der Waals surface area contributed by atoms with Gasteiger partial charge >= 0.3 is 0 Å². The van der Waals surface area contributed by atoms with Gasteiger partial charge in [0.05, 0.1) is 7.11 Å². The predicted octanol–water partition coefficient (Wildman–Crippen LogP) is 4.01. The lowest BCUT2D eigenvalue weighted by Crippen LogP contribution is -1.98. The highest BCUT2D eigenvalue weighted by atomic mass is 32.1. The van der Waals surface area contributed by atoms with E-state index in [-0.39, 0.29) is 0 Å². The van der Waals surface area contributed by atoms with E-state index in [1.807, 2.05) is 6.07 Å². The highest BCUT2D eigenvalue weighted by Gasteiger charge is 2.12. The summed E-state index contributed by atoms with van der Waals surface area (Å²) in [4.78, 5) is 0. The first kappa shape index (κ1) is 13.1. The molecule has 0 aliphatic carbocycles. The molecule has 0 radical (unpaired) electrons. The van der Waals surface area contributed by atoms with Gasteiger partial charge in [-0.25, -0.2) is 0 Å². The zero-order chi connectivity index (χ0) is 13.1. The quantitative estimate of drug-likeness (QED) is 0.902. The first-order chi connectivity index (χ1) is 8.67. The van der Waals surface area contributed by atoms with Crippen LogP contribution in [-0.4, -0.2) is 7.11 Å². The van der Waals surface area contributed by atoms with Crippen molar-refractivity contribution in [2.45, 2.75) is 26.3 Å². The summed E-state index contributed by atoms with van der Waals surface area (Å²) in [5.74, 6) is 1.42. The first-order valence-corrected chi connectivity index (χ1v) is 7.05. The molecular weight excluding hydrogens is 242 g/mol. The van der Waals surface area contributed by atoms with Gasteiger partial charge in [0.15, 0.2) is 0 Å². The fourth-order valence-electron chi connectivity index (χ4n) is 2.01. The van der Waals surface area contributed by atoms with Gasteiger partial charge in [0.2, 0.25) is 0 Å². The van der Waals surface area contributed by atoms with Gasteiger partial charge in [0.1, 0.15) is 5.75 Å². The third-order valence-corrected chi connectivity index (χ3v) is 3.93. The van der Waals surface area contributed by atoms with E-state index in [9.17, 15) is 0 Å². The van der Waals surface area contributed by atoms with Gasteiger partial charge in [-0.15, -0.1) is 0 Å². The molecule has 1 aromatic heterocycles. The van der Waals surface area contributed by atoms with E-state index < -0.39 is 0 Å².